The molecule has 0 radical (unpaired) electrons. The molecule has 1 N–H and O–H groups in total. The van der Waals surface area contributed by atoms with Crippen LogP contribution in [0.25, 0.3) is 0 Å². The Labute approximate surface area is 113 Å². The Bertz CT molecular complexity index is 461. The number of carbonyl (C=O) groups is 1. The summed E-state index contributed by atoms with van der Waals surface area (Å²) in [6.07, 6.45) is -4.54. The number of nitrogens with one attached hydrogen (secondary N) is 1. The van der Waals surface area contributed by atoms with E-state index < -0.39 is 12.2 Å². The molecule has 0 aliphatic carbocycles. The van der Waals surface area contributed by atoms with Crippen molar-refractivity contribution in [2.24, 2.45) is 0 Å². The summed E-state index contributed by atoms with van der Waals surface area (Å²) in [4.78, 5) is 11.0. The Balaban J connectivity index is 2.14. The van der Waals surface area contributed by atoms with Crippen LogP contribution in [-0.2, 0) is 11.2 Å². The van der Waals surface area contributed by atoms with Crippen LogP contribution in [-0.4, -0.2) is 29.7 Å². The summed E-state index contributed by atoms with van der Waals surface area (Å²) in [5, 5.41) is 1.43. The predicted molar refractivity (Wildman–Crippen MR) is 64.5 cm³/mol. The first-order chi connectivity index (χ1) is 8.86. The number of hydrogen-bond acceptors (Lipinski definition) is 2. The summed E-state index contributed by atoms with van der Waals surface area (Å²) in [6, 6.07) is 4.48. The monoisotopic (exact) mass is 292 g/mol. The molecule has 3 nitrogen and oxygen atoms in total. The van der Waals surface area contributed by atoms with Gasteiger partial charge in [0.2, 0.25) is 5.91 Å². The van der Waals surface area contributed by atoms with Gasteiger partial charge in [0, 0.05) is 18.0 Å². The largest absolute Gasteiger partial charge is 0.406 e. The van der Waals surface area contributed by atoms with Gasteiger partial charge in [-0.25, -0.2) is 5.01 Å². The first-order valence-corrected chi connectivity index (χ1v) is 6.11. The zero-order chi connectivity index (χ0) is 14.0. The summed E-state index contributed by atoms with van der Waals surface area (Å²) in [7, 11) is 0. The number of rotatable bonds is 3. The Hall–Kier alpha value is -1.27. The van der Waals surface area contributed by atoms with Crippen molar-refractivity contribution in [1.29, 1.82) is 0 Å². The molecule has 1 amide bonds. The van der Waals surface area contributed by atoms with E-state index in [0.29, 0.717) is 10.6 Å². The number of carbonyl (C=O) groups excluding carboxylic acids is 1. The molecule has 1 aromatic rings. The van der Waals surface area contributed by atoms with Crippen molar-refractivity contribution >= 4 is 17.5 Å². The van der Waals surface area contributed by atoms with Gasteiger partial charge in [0.15, 0.2) is 0 Å². The normalized spacial score (nSPS) is 18.4. The first kappa shape index (κ1) is 14.1. The summed E-state index contributed by atoms with van der Waals surface area (Å²) in [5.41, 5.74) is 2.76. The lowest BCUT2D eigenvalue weighted by Crippen LogP contribution is -2.51. The molecule has 1 aromatic carbocycles. The number of halogens is 4. The fraction of sp³-hybridized carbons (Fsp3) is 0.417. The second-order valence-electron chi connectivity index (χ2n) is 4.37. The topological polar surface area (TPSA) is 32.3 Å². The molecule has 7 heteroatoms. The quantitative estimate of drug-likeness (QED) is 0.928. The molecule has 0 saturated carbocycles. The molecule has 0 aromatic heterocycles. The van der Waals surface area contributed by atoms with E-state index >= 15 is 0 Å². The van der Waals surface area contributed by atoms with Crippen LogP contribution in [0, 0.1) is 0 Å². The molecule has 1 saturated heterocycles. The second-order valence-corrected chi connectivity index (χ2v) is 4.80. The van der Waals surface area contributed by atoms with E-state index in [1.807, 2.05) is 0 Å². The van der Waals surface area contributed by atoms with Gasteiger partial charge >= 0.3 is 6.18 Å². The molecule has 104 valence electrons. The van der Waals surface area contributed by atoms with E-state index in [1.54, 1.807) is 24.3 Å². The van der Waals surface area contributed by atoms with E-state index in [9.17, 15) is 18.0 Å². The molecular weight excluding hydrogens is 281 g/mol. The van der Waals surface area contributed by atoms with Crippen molar-refractivity contribution in [2.45, 2.75) is 25.1 Å². The van der Waals surface area contributed by atoms with E-state index in [0.717, 1.165) is 5.01 Å². The lowest BCUT2D eigenvalue weighted by Gasteiger charge is -2.29. The summed E-state index contributed by atoms with van der Waals surface area (Å²) < 4.78 is 39.1. The number of hydrogen-bond donors (Lipinski definition) is 1. The number of amides is 1. The third kappa shape index (κ3) is 3.61. The smallest absolute Gasteiger partial charge is 0.288 e. The Morgan fingerprint density at radius 1 is 1.32 bits per heavy atom. The zero-order valence-electron chi connectivity index (χ0n) is 9.88. The number of alkyl halides is 3. The van der Waals surface area contributed by atoms with E-state index in [1.165, 1.54) is 0 Å². The molecule has 1 heterocycles. The molecule has 1 aliphatic heterocycles. The molecule has 2 rings (SSSR count). The third-order valence-electron chi connectivity index (χ3n) is 2.94. The summed E-state index contributed by atoms with van der Waals surface area (Å²) in [6.45, 7) is 0.0661. The highest BCUT2D eigenvalue weighted by atomic mass is 35.5. The van der Waals surface area contributed by atoms with Gasteiger partial charge in [0.1, 0.15) is 6.04 Å². The molecule has 1 fully saturated rings. The maximum absolute atomic E-state index is 13.0. The molecule has 0 unspecified atom stereocenters. The van der Waals surface area contributed by atoms with Crippen LogP contribution < -0.4 is 5.43 Å². The molecular formula is C12H12ClF3N2O. The Kier molecular flexibility index (Phi) is 4.01. The average Bonchev–Trinajstić information content (AvgIpc) is 2.73. The van der Waals surface area contributed by atoms with Crippen LogP contribution in [0.4, 0.5) is 13.2 Å². The summed E-state index contributed by atoms with van der Waals surface area (Å²) in [5.74, 6) is -0.384. The summed E-state index contributed by atoms with van der Waals surface area (Å²) >= 11 is 5.69. The maximum atomic E-state index is 13.0. The van der Waals surface area contributed by atoms with Gasteiger partial charge in [-0.05, 0) is 24.1 Å². The van der Waals surface area contributed by atoms with Gasteiger partial charge in [-0.15, -0.1) is 0 Å². The van der Waals surface area contributed by atoms with Crippen LogP contribution in [0.15, 0.2) is 24.3 Å². The molecule has 19 heavy (non-hydrogen) atoms. The van der Waals surface area contributed by atoms with Crippen molar-refractivity contribution in [2.75, 3.05) is 6.54 Å². The average molecular weight is 293 g/mol. The van der Waals surface area contributed by atoms with Gasteiger partial charge in [0.05, 0.1) is 0 Å². The van der Waals surface area contributed by atoms with E-state index in [4.69, 9.17) is 11.6 Å². The maximum Gasteiger partial charge on any atom is 0.406 e. The highest BCUT2D eigenvalue weighted by molar-refractivity contribution is 6.30. The molecule has 0 bridgehead atoms. The molecule has 1 aliphatic rings. The van der Waals surface area contributed by atoms with Crippen LogP contribution in [0.2, 0.25) is 5.02 Å². The van der Waals surface area contributed by atoms with Crippen molar-refractivity contribution in [1.82, 2.24) is 10.4 Å². The second kappa shape index (κ2) is 5.38. The Morgan fingerprint density at radius 3 is 2.42 bits per heavy atom. The van der Waals surface area contributed by atoms with Gasteiger partial charge in [-0.3, -0.25) is 10.2 Å². The van der Waals surface area contributed by atoms with Gasteiger partial charge < -0.3 is 0 Å². The predicted octanol–water partition coefficient (Wildman–Crippen LogP) is 2.55. The van der Waals surface area contributed by atoms with Crippen molar-refractivity contribution in [3.05, 3.63) is 34.9 Å². The minimum absolute atomic E-state index is 0.0661. The fourth-order valence-electron chi connectivity index (χ4n) is 1.97. The van der Waals surface area contributed by atoms with E-state index in [2.05, 4.69) is 5.43 Å². The first-order valence-electron chi connectivity index (χ1n) is 5.73. The minimum Gasteiger partial charge on any atom is -0.288 e. The lowest BCUT2D eigenvalue weighted by atomic mass is 10.1. The highest BCUT2D eigenvalue weighted by Crippen LogP contribution is 2.28. The minimum atomic E-state index is -4.41. The van der Waals surface area contributed by atoms with Crippen molar-refractivity contribution in [3.8, 4) is 0 Å². The van der Waals surface area contributed by atoms with Gasteiger partial charge in [0.25, 0.3) is 0 Å². The number of nitrogens with zero attached hydrogens (tertiary/aromatic N) is 1. The number of benzene rings is 1. The van der Waals surface area contributed by atoms with Gasteiger partial charge in [-0.1, -0.05) is 23.7 Å². The van der Waals surface area contributed by atoms with Crippen LogP contribution >= 0.6 is 11.6 Å². The highest BCUT2D eigenvalue weighted by Gasteiger charge is 2.45. The Morgan fingerprint density at radius 2 is 1.95 bits per heavy atom. The number of hydrazine groups is 1. The molecule has 0 spiro atoms. The SMILES string of the molecule is O=C1CCN([C@@H](Cc2ccc(Cl)cc2)C(F)(F)F)N1. The van der Waals surface area contributed by atoms with Crippen molar-refractivity contribution < 1.29 is 18.0 Å². The fourth-order valence-corrected chi connectivity index (χ4v) is 2.10. The van der Waals surface area contributed by atoms with Gasteiger partial charge in [-0.2, -0.15) is 13.2 Å². The zero-order valence-corrected chi connectivity index (χ0v) is 10.6. The van der Waals surface area contributed by atoms with E-state index in [-0.39, 0.29) is 25.3 Å². The van der Waals surface area contributed by atoms with Crippen LogP contribution in [0.3, 0.4) is 0 Å². The lowest BCUT2D eigenvalue weighted by molar-refractivity contribution is -0.187. The van der Waals surface area contributed by atoms with Crippen LogP contribution in [0.5, 0.6) is 0 Å². The van der Waals surface area contributed by atoms with Crippen molar-refractivity contribution in [3.63, 3.8) is 0 Å². The van der Waals surface area contributed by atoms with Crippen LogP contribution in [0.1, 0.15) is 12.0 Å². The molecule has 1 atom stereocenters. The third-order valence-corrected chi connectivity index (χ3v) is 3.20. The standard InChI is InChI=1S/C12H12ClF3N2O/c13-9-3-1-8(2-4-9)7-10(12(14,15)16)18-6-5-11(19)17-18/h1-4,10H,5-7H2,(H,17,19)/t10-/m0/s1.